The van der Waals surface area contributed by atoms with Crippen molar-refractivity contribution in [2.45, 2.75) is 6.54 Å². The van der Waals surface area contributed by atoms with Gasteiger partial charge in [-0.05, 0) is 34.5 Å². The zero-order valence-corrected chi connectivity index (χ0v) is 19.8. The average Bonchev–Trinajstić information content (AvgIpc) is 3.43. The van der Waals surface area contributed by atoms with E-state index in [2.05, 4.69) is 30.8 Å². The molecule has 1 saturated heterocycles. The van der Waals surface area contributed by atoms with E-state index in [-0.39, 0.29) is 17.5 Å². The first-order valence-electron chi connectivity index (χ1n) is 11.9. The summed E-state index contributed by atoms with van der Waals surface area (Å²) < 4.78 is 7.09. The van der Waals surface area contributed by atoms with Gasteiger partial charge in [-0.15, -0.1) is 5.10 Å². The zero-order chi connectivity index (χ0) is 24.7. The van der Waals surface area contributed by atoms with Gasteiger partial charge in [0.1, 0.15) is 0 Å². The lowest BCUT2D eigenvalue weighted by molar-refractivity contribution is 0.0383. The fraction of sp³-hybridized carbons (Fsp3) is 0.269. The van der Waals surface area contributed by atoms with Gasteiger partial charge < -0.3 is 15.4 Å². The monoisotopic (exact) mass is 485 g/mol. The van der Waals surface area contributed by atoms with E-state index < -0.39 is 0 Å². The molecule has 3 heterocycles. The molecule has 2 aromatic heterocycles. The number of pyridine rings is 1. The minimum atomic E-state index is -0.327. The third-order valence-corrected chi connectivity index (χ3v) is 6.15. The number of anilines is 1. The lowest BCUT2D eigenvalue weighted by atomic mass is 9.99. The van der Waals surface area contributed by atoms with Crippen LogP contribution in [0.4, 0.5) is 5.69 Å². The Balaban J connectivity index is 1.31. The van der Waals surface area contributed by atoms with E-state index in [4.69, 9.17) is 4.74 Å². The Morgan fingerprint density at radius 1 is 0.944 bits per heavy atom. The molecule has 1 aliphatic rings. The first kappa shape index (κ1) is 23.6. The number of carbonyl (C=O) groups excluding carboxylic acids is 2. The van der Waals surface area contributed by atoms with Crippen molar-refractivity contribution in [1.29, 1.82) is 0 Å². The van der Waals surface area contributed by atoms with Crippen LogP contribution in [0.5, 0.6) is 0 Å². The number of rotatable bonds is 8. The smallest absolute Gasteiger partial charge is 0.272 e. The van der Waals surface area contributed by atoms with Crippen molar-refractivity contribution < 1.29 is 14.3 Å². The van der Waals surface area contributed by atoms with E-state index >= 15 is 0 Å². The fourth-order valence-corrected chi connectivity index (χ4v) is 4.30. The van der Waals surface area contributed by atoms with Crippen LogP contribution >= 0.6 is 0 Å². The highest BCUT2D eigenvalue weighted by Crippen LogP contribution is 2.25. The average molecular weight is 486 g/mol. The van der Waals surface area contributed by atoms with Gasteiger partial charge in [0.15, 0.2) is 5.69 Å². The van der Waals surface area contributed by atoms with Crippen LogP contribution in [0.15, 0.2) is 67.1 Å². The quantitative estimate of drug-likeness (QED) is 0.393. The Hall–Kier alpha value is -4.15. The van der Waals surface area contributed by atoms with Crippen molar-refractivity contribution in [2.24, 2.45) is 0 Å². The van der Waals surface area contributed by atoms with Crippen LogP contribution in [-0.2, 0) is 11.3 Å². The molecule has 10 nitrogen and oxygen atoms in total. The molecule has 0 unspecified atom stereocenters. The Morgan fingerprint density at radius 2 is 1.78 bits per heavy atom. The maximum atomic E-state index is 13.3. The highest BCUT2D eigenvalue weighted by molar-refractivity contribution is 6.15. The van der Waals surface area contributed by atoms with Gasteiger partial charge >= 0.3 is 0 Å². The molecule has 2 aromatic carbocycles. The molecule has 0 radical (unpaired) electrons. The van der Waals surface area contributed by atoms with E-state index in [1.807, 2.05) is 30.3 Å². The Kier molecular flexibility index (Phi) is 7.25. The Bertz CT molecular complexity index is 1350. The van der Waals surface area contributed by atoms with E-state index in [1.54, 1.807) is 41.5 Å². The molecular weight excluding hydrogens is 458 g/mol. The third kappa shape index (κ3) is 5.40. The van der Waals surface area contributed by atoms with E-state index in [0.29, 0.717) is 37.6 Å². The number of hydrogen-bond acceptors (Lipinski definition) is 7. The van der Waals surface area contributed by atoms with E-state index in [9.17, 15) is 9.59 Å². The minimum Gasteiger partial charge on any atom is -0.379 e. The summed E-state index contributed by atoms with van der Waals surface area (Å²) in [5.41, 5.74) is 2.08. The molecule has 0 aliphatic carbocycles. The summed E-state index contributed by atoms with van der Waals surface area (Å²) >= 11 is 0. The van der Waals surface area contributed by atoms with Gasteiger partial charge in [0.05, 0.1) is 31.6 Å². The van der Waals surface area contributed by atoms with Crippen molar-refractivity contribution in [3.8, 4) is 0 Å². The number of hydrogen-bond donors (Lipinski definition) is 2. The van der Waals surface area contributed by atoms with Gasteiger partial charge in [-0.2, -0.15) is 0 Å². The second-order valence-corrected chi connectivity index (χ2v) is 8.48. The Labute approximate surface area is 208 Å². The predicted molar refractivity (Wildman–Crippen MR) is 135 cm³/mol. The number of carbonyl (C=O) groups is 2. The lowest BCUT2D eigenvalue weighted by Crippen LogP contribution is -2.41. The number of benzene rings is 2. The van der Waals surface area contributed by atoms with Gasteiger partial charge in [0.2, 0.25) is 0 Å². The molecule has 2 amide bonds. The first-order valence-corrected chi connectivity index (χ1v) is 11.9. The van der Waals surface area contributed by atoms with Crippen molar-refractivity contribution >= 4 is 28.3 Å². The molecule has 0 bridgehead atoms. The van der Waals surface area contributed by atoms with Crippen LogP contribution in [0.3, 0.4) is 0 Å². The molecule has 36 heavy (non-hydrogen) atoms. The normalized spacial score (nSPS) is 14.0. The van der Waals surface area contributed by atoms with Gasteiger partial charge in [-0.25, -0.2) is 9.67 Å². The number of ether oxygens (including phenoxy) is 1. The molecule has 4 aromatic rings. The van der Waals surface area contributed by atoms with Crippen LogP contribution in [0.1, 0.15) is 26.4 Å². The molecule has 184 valence electrons. The van der Waals surface area contributed by atoms with Crippen molar-refractivity contribution in [3.63, 3.8) is 0 Å². The number of morpholine rings is 1. The highest BCUT2D eigenvalue weighted by Gasteiger charge is 2.18. The van der Waals surface area contributed by atoms with Crippen LogP contribution in [0, 0.1) is 0 Å². The third-order valence-electron chi connectivity index (χ3n) is 6.15. The molecule has 5 rings (SSSR count). The predicted octanol–water partition coefficient (Wildman–Crippen LogP) is 2.19. The number of nitrogens with one attached hydrogen (secondary N) is 2. The van der Waals surface area contributed by atoms with Crippen LogP contribution in [-0.4, -0.2) is 76.1 Å². The number of fused-ring (bicyclic) bond motifs is 1. The van der Waals surface area contributed by atoms with Crippen LogP contribution < -0.4 is 10.6 Å². The molecule has 10 heteroatoms. The first-order chi connectivity index (χ1) is 17.7. The van der Waals surface area contributed by atoms with Gasteiger partial charge in [-0.1, -0.05) is 35.5 Å². The standard InChI is InChI=1S/C26H27N7O3/c34-25(22-8-7-19(18-33-13-11-29-31-33)20-4-1-2-5-21(20)22)30-23-6-3-9-27-24(23)26(35)28-10-12-32-14-16-36-17-15-32/h1-9,11,13H,10,12,14-18H2,(H,28,35)(H,30,34). The molecular formula is C26H27N7O3. The highest BCUT2D eigenvalue weighted by atomic mass is 16.5. The number of nitrogens with zero attached hydrogens (tertiary/aromatic N) is 5. The van der Waals surface area contributed by atoms with Crippen molar-refractivity contribution in [1.82, 2.24) is 30.2 Å². The minimum absolute atomic E-state index is 0.180. The summed E-state index contributed by atoms with van der Waals surface area (Å²) in [7, 11) is 0. The summed E-state index contributed by atoms with van der Waals surface area (Å²) in [6, 6.07) is 14.8. The van der Waals surface area contributed by atoms with E-state index in [0.717, 1.165) is 36.0 Å². The van der Waals surface area contributed by atoms with Crippen LogP contribution in [0.25, 0.3) is 10.8 Å². The fourth-order valence-electron chi connectivity index (χ4n) is 4.30. The second kappa shape index (κ2) is 11.1. The SMILES string of the molecule is O=C(NCCN1CCOCC1)c1ncccc1NC(=O)c1ccc(Cn2ccnn2)c2ccccc12. The lowest BCUT2D eigenvalue weighted by Gasteiger charge is -2.26. The summed E-state index contributed by atoms with van der Waals surface area (Å²) in [6.45, 7) is 4.89. The summed E-state index contributed by atoms with van der Waals surface area (Å²) in [6.07, 6.45) is 4.97. The topological polar surface area (TPSA) is 114 Å². The molecule has 1 aliphatic heterocycles. The number of amides is 2. The molecule has 0 spiro atoms. The van der Waals surface area contributed by atoms with Crippen molar-refractivity contribution in [2.75, 3.05) is 44.7 Å². The summed E-state index contributed by atoms with van der Waals surface area (Å²) in [5.74, 6) is -0.638. The van der Waals surface area contributed by atoms with Gasteiger partial charge in [0, 0.05) is 44.1 Å². The molecule has 0 atom stereocenters. The maximum absolute atomic E-state index is 13.3. The zero-order valence-electron chi connectivity index (χ0n) is 19.8. The van der Waals surface area contributed by atoms with Crippen LogP contribution in [0.2, 0.25) is 0 Å². The largest absolute Gasteiger partial charge is 0.379 e. The summed E-state index contributed by atoms with van der Waals surface area (Å²) in [5, 5.41) is 15.5. The number of aromatic nitrogens is 4. The van der Waals surface area contributed by atoms with E-state index in [1.165, 1.54) is 0 Å². The maximum Gasteiger partial charge on any atom is 0.272 e. The summed E-state index contributed by atoms with van der Waals surface area (Å²) in [4.78, 5) is 32.7. The van der Waals surface area contributed by atoms with Crippen molar-refractivity contribution in [3.05, 3.63) is 83.9 Å². The second-order valence-electron chi connectivity index (χ2n) is 8.48. The molecule has 0 saturated carbocycles. The van der Waals surface area contributed by atoms with Gasteiger partial charge in [0.25, 0.3) is 11.8 Å². The molecule has 1 fully saturated rings. The van der Waals surface area contributed by atoms with Gasteiger partial charge in [-0.3, -0.25) is 14.5 Å². The molecule has 2 N–H and O–H groups in total. The Morgan fingerprint density at radius 3 is 2.58 bits per heavy atom.